The van der Waals surface area contributed by atoms with E-state index in [4.69, 9.17) is 4.74 Å². The molecule has 0 aliphatic rings. The van der Waals surface area contributed by atoms with Crippen molar-refractivity contribution in [3.05, 3.63) is 66.7 Å². The third kappa shape index (κ3) is 4.40. The average Bonchev–Trinajstić information content (AvgIpc) is 3.08. The van der Waals surface area contributed by atoms with Crippen LogP contribution in [0.25, 0.3) is 11.4 Å². The highest BCUT2D eigenvalue weighted by atomic mass is 19.4. The van der Waals surface area contributed by atoms with E-state index in [0.717, 1.165) is 17.7 Å². The van der Waals surface area contributed by atoms with Gasteiger partial charge in [-0.2, -0.15) is 13.2 Å². The van der Waals surface area contributed by atoms with E-state index in [2.05, 4.69) is 9.97 Å². The molecule has 0 aliphatic carbocycles. The van der Waals surface area contributed by atoms with E-state index in [1.807, 2.05) is 6.07 Å². The van der Waals surface area contributed by atoms with Gasteiger partial charge in [-0.15, -0.1) is 0 Å². The number of hydrogen-bond acceptors (Lipinski definition) is 4. The summed E-state index contributed by atoms with van der Waals surface area (Å²) in [6.07, 6.45) is 1.25. The Kier molecular flexibility index (Phi) is 5.22. The third-order valence-electron chi connectivity index (χ3n) is 3.65. The maximum atomic E-state index is 12.7. The van der Waals surface area contributed by atoms with Crippen LogP contribution in [0.1, 0.15) is 5.56 Å². The molecule has 2 heterocycles. The Balaban J connectivity index is 1.62. The smallest absolute Gasteiger partial charge is 0.416 e. The number of benzene rings is 1. The number of pyridine rings is 1. The van der Waals surface area contributed by atoms with Crippen molar-refractivity contribution < 1.29 is 23.0 Å². The molecule has 26 heavy (non-hydrogen) atoms. The zero-order chi connectivity index (χ0) is 18.6. The Morgan fingerprint density at radius 1 is 1.15 bits per heavy atom. The Morgan fingerprint density at radius 3 is 2.73 bits per heavy atom. The lowest BCUT2D eigenvalue weighted by Crippen LogP contribution is -2.23. The Hall–Kier alpha value is -2.87. The van der Waals surface area contributed by atoms with E-state index in [1.54, 1.807) is 35.4 Å². The molecule has 0 saturated carbocycles. The van der Waals surface area contributed by atoms with E-state index in [0.29, 0.717) is 5.82 Å². The number of aliphatic hydroxyl groups is 1. The molecule has 1 atom stereocenters. The van der Waals surface area contributed by atoms with Gasteiger partial charge in [-0.3, -0.25) is 4.98 Å². The number of ether oxygens (including phenoxy) is 1. The molecule has 1 N–H and O–H groups in total. The van der Waals surface area contributed by atoms with Gasteiger partial charge in [0, 0.05) is 30.4 Å². The van der Waals surface area contributed by atoms with Crippen LogP contribution >= 0.6 is 0 Å². The Bertz CT molecular complexity index is 850. The second kappa shape index (κ2) is 7.57. The molecule has 0 fully saturated rings. The lowest BCUT2D eigenvalue weighted by atomic mass is 10.2. The van der Waals surface area contributed by atoms with Crippen molar-refractivity contribution in [1.29, 1.82) is 0 Å². The number of aliphatic hydroxyl groups excluding tert-OH is 1. The summed E-state index contributed by atoms with van der Waals surface area (Å²) in [5.41, 5.74) is 0.00135. The first-order valence-corrected chi connectivity index (χ1v) is 7.83. The number of halogens is 3. The summed E-state index contributed by atoms with van der Waals surface area (Å²) in [5.74, 6) is 0.688. The van der Waals surface area contributed by atoms with Crippen molar-refractivity contribution in [1.82, 2.24) is 14.5 Å². The van der Waals surface area contributed by atoms with Gasteiger partial charge in [-0.1, -0.05) is 6.07 Å². The molecule has 0 amide bonds. The van der Waals surface area contributed by atoms with Crippen molar-refractivity contribution in [3.8, 4) is 17.1 Å². The van der Waals surface area contributed by atoms with Crippen molar-refractivity contribution in [2.45, 2.75) is 18.8 Å². The Morgan fingerprint density at radius 2 is 2.00 bits per heavy atom. The van der Waals surface area contributed by atoms with Gasteiger partial charge >= 0.3 is 6.18 Å². The predicted octanol–water partition coefficient (Wildman–Crippen LogP) is 3.40. The minimum absolute atomic E-state index is 0.0528. The van der Waals surface area contributed by atoms with Gasteiger partial charge in [0.05, 0.1) is 12.1 Å². The summed E-state index contributed by atoms with van der Waals surface area (Å²) >= 11 is 0. The molecular formula is C18H16F3N3O2. The standard InChI is InChI=1S/C18H16F3N3O2/c19-18(20,21)14-4-1-5-16(9-14)26-12-15(25)11-24-8-7-23-17(24)13-3-2-6-22-10-13/h1-10,15,25H,11-12H2. The van der Waals surface area contributed by atoms with Crippen molar-refractivity contribution in [3.63, 3.8) is 0 Å². The van der Waals surface area contributed by atoms with E-state index >= 15 is 0 Å². The Labute approximate surface area is 147 Å². The third-order valence-corrected chi connectivity index (χ3v) is 3.65. The van der Waals surface area contributed by atoms with E-state index < -0.39 is 17.8 Å². The molecular weight excluding hydrogens is 347 g/mol. The van der Waals surface area contributed by atoms with Crippen LogP contribution in [-0.4, -0.2) is 32.4 Å². The number of alkyl halides is 3. The molecule has 8 heteroatoms. The first-order valence-electron chi connectivity index (χ1n) is 7.83. The number of imidazole rings is 1. The molecule has 3 aromatic rings. The van der Waals surface area contributed by atoms with Crippen molar-refractivity contribution >= 4 is 0 Å². The van der Waals surface area contributed by atoms with Crippen LogP contribution in [0.4, 0.5) is 13.2 Å². The molecule has 1 aromatic carbocycles. The summed E-state index contributed by atoms with van der Waals surface area (Å²) < 4.78 is 45.1. The molecule has 2 aromatic heterocycles. The molecule has 5 nitrogen and oxygen atoms in total. The number of nitrogens with zero attached hydrogens (tertiary/aromatic N) is 3. The molecule has 0 radical (unpaired) electrons. The van der Waals surface area contributed by atoms with Gasteiger partial charge in [0.2, 0.25) is 0 Å². The van der Waals surface area contributed by atoms with Gasteiger partial charge in [-0.25, -0.2) is 4.98 Å². The molecule has 1 unspecified atom stereocenters. The molecule has 0 spiro atoms. The van der Waals surface area contributed by atoms with Crippen LogP contribution in [0.15, 0.2) is 61.2 Å². The summed E-state index contributed by atoms with van der Waals surface area (Å²) in [6, 6.07) is 8.18. The number of aromatic nitrogens is 3. The highest BCUT2D eigenvalue weighted by molar-refractivity contribution is 5.53. The highest BCUT2D eigenvalue weighted by Crippen LogP contribution is 2.31. The largest absolute Gasteiger partial charge is 0.491 e. The molecule has 0 aliphatic heterocycles. The van der Waals surface area contributed by atoms with Gasteiger partial charge in [0.25, 0.3) is 0 Å². The summed E-state index contributed by atoms with van der Waals surface area (Å²) in [5, 5.41) is 10.2. The van der Waals surface area contributed by atoms with E-state index in [-0.39, 0.29) is 18.9 Å². The maximum absolute atomic E-state index is 12.7. The predicted molar refractivity (Wildman–Crippen MR) is 88.4 cm³/mol. The number of rotatable bonds is 6. The second-order valence-electron chi connectivity index (χ2n) is 5.64. The topological polar surface area (TPSA) is 60.2 Å². The molecule has 3 rings (SSSR count). The highest BCUT2D eigenvalue weighted by Gasteiger charge is 2.30. The van der Waals surface area contributed by atoms with Crippen LogP contribution in [0.5, 0.6) is 5.75 Å². The normalized spacial score (nSPS) is 12.8. The minimum atomic E-state index is -4.44. The number of hydrogen-bond donors (Lipinski definition) is 1. The molecule has 0 saturated heterocycles. The monoisotopic (exact) mass is 363 g/mol. The average molecular weight is 363 g/mol. The van der Waals surface area contributed by atoms with Gasteiger partial charge in [0.1, 0.15) is 24.3 Å². The van der Waals surface area contributed by atoms with Crippen LogP contribution in [0, 0.1) is 0 Å². The summed E-state index contributed by atoms with van der Waals surface area (Å²) in [6.45, 7) is 0.0369. The summed E-state index contributed by atoms with van der Waals surface area (Å²) in [7, 11) is 0. The lowest BCUT2D eigenvalue weighted by Gasteiger charge is -2.15. The lowest BCUT2D eigenvalue weighted by molar-refractivity contribution is -0.137. The van der Waals surface area contributed by atoms with Crippen molar-refractivity contribution in [2.24, 2.45) is 0 Å². The molecule has 0 bridgehead atoms. The SMILES string of the molecule is OC(COc1cccc(C(F)(F)F)c1)Cn1ccnc1-c1cccnc1. The van der Waals surface area contributed by atoms with E-state index in [1.165, 1.54) is 12.1 Å². The fourth-order valence-electron chi connectivity index (χ4n) is 2.45. The van der Waals surface area contributed by atoms with Gasteiger partial charge < -0.3 is 14.4 Å². The van der Waals surface area contributed by atoms with Crippen LogP contribution in [-0.2, 0) is 12.7 Å². The fourth-order valence-corrected chi connectivity index (χ4v) is 2.45. The van der Waals surface area contributed by atoms with Gasteiger partial charge in [0.15, 0.2) is 0 Å². The fraction of sp³-hybridized carbons (Fsp3) is 0.222. The van der Waals surface area contributed by atoms with Crippen LogP contribution < -0.4 is 4.74 Å². The summed E-state index contributed by atoms with van der Waals surface area (Å²) in [4.78, 5) is 8.27. The quantitative estimate of drug-likeness (QED) is 0.729. The molecule has 136 valence electrons. The van der Waals surface area contributed by atoms with Gasteiger partial charge in [-0.05, 0) is 30.3 Å². The minimum Gasteiger partial charge on any atom is -0.491 e. The maximum Gasteiger partial charge on any atom is 0.416 e. The zero-order valence-electron chi connectivity index (χ0n) is 13.6. The van der Waals surface area contributed by atoms with Crippen LogP contribution in [0.3, 0.4) is 0 Å². The van der Waals surface area contributed by atoms with E-state index in [9.17, 15) is 18.3 Å². The van der Waals surface area contributed by atoms with Crippen LogP contribution in [0.2, 0.25) is 0 Å². The van der Waals surface area contributed by atoms with Crippen molar-refractivity contribution in [2.75, 3.05) is 6.61 Å². The zero-order valence-corrected chi connectivity index (χ0v) is 13.6. The first kappa shape index (κ1) is 17.9. The first-order chi connectivity index (χ1) is 12.4. The second-order valence-corrected chi connectivity index (χ2v) is 5.64.